The topological polar surface area (TPSA) is 90.0 Å². The third-order valence-corrected chi connectivity index (χ3v) is 6.65. The van der Waals surface area contributed by atoms with Crippen molar-refractivity contribution >= 4 is 27.5 Å². The SMILES string of the molecule is CS(=O)(=O)N1CCCC(C(=O)N2CCN(CC(=O)Nc3ccc(F)cc3)CC2)C1. The van der Waals surface area contributed by atoms with Crippen molar-refractivity contribution in [3.05, 3.63) is 30.1 Å². The number of sulfonamides is 1. The summed E-state index contributed by atoms with van der Waals surface area (Å²) in [5.74, 6) is -0.852. The quantitative estimate of drug-likeness (QED) is 0.744. The number of hydrogen-bond donors (Lipinski definition) is 1. The number of carbonyl (C=O) groups excluding carboxylic acids is 2. The van der Waals surface area contributed by atoms with Crippen molar-refractivity contribution in [3.8, 4) is 0 Å². The van der Waals surface area contributed by atoms with Crippen molar-refractivity contribution in [2.24, 2.45) is 5.92 Å². The highest BCUT2D eigenvalue weighted by Crippen LogP contribution is 2.21. The summed E-state index contributed by atoms with van der Waals surface area (Å²) in [6, 6.07) is 5.59. The van der Waals surface area contributed by atoms with Gasteiger partial charge in [0.25, 0.3) is 0 Å². The maximum atomic E-state index is 12.9. The molecule has 1 atom stereocenters. The molecule has 2 fully saturated rings. The molecule has 0 saturated carbocycles. The monoisotopic (exact) mass is 426 g/mol. The third-order valence-electron chi connectivity index (χ3n) is 5.38. The molecule has 0 bridgehead atoms. The lowest BCUT2D eigenvalue weighted by molar-refractivity contribution is -0.138. The van der Waals surface area contributed by atoms with Gasteiger partial charge in [0.1, 0.15) is 5.82 Å². The Labute approximate surface area is 170 Å². The van der Waals surface area contributed by atoms with Crippen molar-refractivity contribution in [1.82, 2.24) is 14.1 Å². The summed E-state index contributed by atoms with van der Waals surface area (Å²) in [5.41, 5.74) is 0.540. The normalized spacial score (nSPS) is 21.7. The van der Waals surface area contributed by atoms with Crippen molar-refractivity contribution in [2.75, 3.05) is 57.4 Å². The fraction of sp³-hybridized carbons (Fsp3) is 0.579. The van der Waals surface area contributed by atoms with Crippen LogP contribution in [0, 0.1) is 11.7 Å². The van der Waals surface area contributed by atoms with Crippen LogP contribution in [0.25, 0.3) is 0 Å². The molecule has 1 N–H and O–H groups in total. The molecule has 0 spiro atoms. The molecule has 0 aliphatic carbocycles. The Kier molecular flexibility index (Phi) is 6.86. The molecule has 2 aliphatic rings. The van der Waals surface area contributed by atoms with Crippen LogP contribution in [-0.4, -0.2) is 86.4 Å². The van der Waals surface area contributed by atoms with E-state index in [0.29, 0.717) is 51.3 Å². The van der Waals surface area contributed by atoms with E-state index in [1.807, 2.05) is 4.90 Å². The Bertz CT molecular complexity index is 838. The second-order valence-electron chi connectivity index (χ2n) is 7.62. The minimum atomic E-state index is -3.28. The van der Waals surface area contributed by atoms with Crippen LogP contribution in [0.15, 0.2) is 24.3 Å². The van der Waals surface area contributed by atoms with E-state index < -0.39 is 10.0 Å². The molecule has 1 aromatic carbocycles. The lowest BCUT2D eigenvalue weighted by Crippen LogP contribution is -2.53. The first kappa shape index (κ1) is 21.7. The summed E-state index contributed by atoms with van der Waals surface area (Å²) >= 11 is 0. The average Bonchev–Trinajstić information content (AvgIpc) is 2.69. The second-order valence-corrected chi connectivity index (χ2v) is 9.60. The summed E-state index contributed by atoms with van der Waals surface area (Å²) in [7, 11) is -3.28. The molecule has 1 unspecified atom stereocenters. The molecule has 2 amide bonds. The number of benzene rings is 1. The predicted molar refractivity (Wildman–Crippen MR) is 107 cm³/mol. The van der Waals surface area contributed by atoms with Gasteiger partial charge in [0.05, 0.1) is 18.7 Å². The first-order chi connectivity index (χ1) is 13.7. The summed E-state index contributed by atoms with van der Waals surface area (Å²) in [6.45, 7) is 3.09. The second kappa shape index (κ2) is 9.19. The van der Waals surface area contributed by atoms with Gasteiger partial charge in [-0.05, 0) is 37.1 Å². The number of piperazine rings is 1. The fourth-order valence-electron chi connectivity index (χ4n) is 3.77. The number of amides is 2. The van der Waals surface area contributed by atoms with Gasteiger partial charge in [0.15, 0.2) is 0 Å². The number of piperidine rings is 1. The molecule has 29 heavy (non-hydrogen) atoms. The third kappa shape index (κ3) is 5.97. The Morgan fingerprint density at radius 1 is 1.10 bits per heavy atom. The Morgan fingerprint density at radius 2 is 1.76 bits per heavy atom. The Balaban J connectivity index is 1.45. The highest BCUT2D eigenvalue weighted by molar-refractivity contribution is 7.88. The van der Waals surface area contributed by atoms with Gasteiger partial charge in [-0.25, -0.2) is 17.1 Å². The smallest absolute Gasteiger partial charge is 0.238 e. The van der Waals surface area contributed by atoms with Gasteiger partial charge in [-0.3, -0.25) is 14.5 Å². The number of halogens is 1. The Hall–Kier alpha value is -2.04. The molecule has 3 rings (SSSR count). The van der Waals surface area contributed by atoms with Gasteiger partial charge in [0, 0.05) is 45.0 Å². The zero-order valence-corrected chi connectivity index (χ0v) is 17.3. The molecule has 160 valence electrons. The van der Waals surface area contributed by atoms with E-state index in [2.05, 4.69) is 5.32 Å². The lowest BCUT2D eigenvalue weighted by Gasteiger charge is -2.38. The predicted octanol–water partition coefficient (Wildman–Crippen LogP) is 0.580. The molecule has 0 radical (unpaired) electrons. The van der Waals surface area contributed by atoms with Crippen LogP contribution in [0.2, 0.25) is 0 Å². The number of nitrogens with one attached hydrogen (secondary N) is 1. The van der Waals surface area contributed by atoms with E-state index in [4.69, 9.17) is 0 Å². The number of anilines is 1. The maximum absolute atomic E-state index is 12.9. The van der Waals surface area contributed by atoms with Crippen molar-refractivity contribution < 1.29 is 22.4 Å². The van der Waals surface area contributed by atoms with Crippen LogP contribution >= 0.6 is 0 Å². The van der Waals surface area contributed by atoms with E-state index in [9.17, 15) is 22.4 Å². The molecule has 0 aromatic heterocycles. The molecular formula is C19H27FN4O4S. The van der Waals surface area contributed by atoms with Gasteiger partial charge < -0.3 is 10.2 Å². The van der Waals surface area contributed by atoms with Gasteiger partial charge >= 0.3 is 0 Å². The largest absolute Gasteiger partial charge is 0.340 e. The number of carbonyl (C=O) groups is 2. The summed E-state index contributed by atoms with van der Waals surface area (Å²) in [5, 5.41) is 2.73. The standard InChI is InChI=1S/C19H27FN4O4S/c1-29(27,28)24-8-2-3-15(13-24)19(26)23-11-9-22(10-12-23)14-18(25)21-17-6-4-16(20)5-7-17/h4-7,15H,2-3,8-14H2,1H3,(H,21,25). The number of nitrogens with zero attached hydrogens (tertiary/aromatic N) is 3. The van der Waals surface area contributed by atoms with Gasteiger partial charge in [-0.1, -0.05) is 0 Å². The highest BCUT2D eigenvalue weighted by Gasteiger charge is 2.33. The minimum Gasteiger partial charge on any atom is -0.340 e. The fourth-order valence-corrected chi connectivity index (χ4v) is 4.68. The van der Waals surface area contributed by atoms with Crippen molar-refractivity contribution in [2.45, 2.75) is 12.8 Å². The lowest BCUT2D eigenvalue weighted by atomic mass is 9.98. The summed E-state index contributed by atoms with van der Waals surface area (Å²) in [4.78, 5) is 28.7. The van der Waals surface area contributed by atoms with Crippen LogP contribution in [0.3, 0.4) is 0 Å². The first-order valence-corrected chi connectivity index (χ1v) is 11.6. The minimum absolute atomic E-state index is 0.00577. The summed E-state index contributed by atoms with van der Waals surface area (Å²) < 4.78 is 37.8. The van der Waals surface area contributed by atoms with Crippen LogP contribution in [-0.2, 0) is 19.6 Å². The van der Waals surface area contributed by atoms with Crippen LogP contribution in [0.4, 0.5) is 10.1 Å². The molecule has 2 aliphatic heterocycles. The average molecular weight is 427 g/mol. The van der Waals surface area contributed by atoms with Crippen molar-refractivity contribution in [1.29, 1.82) is 0 Å². The van der Waals surface area contributed by atoms with E-state index in [0.717, 1.165) is 0 Å². The molecule has 1 aromatic rings. The van der Waals surface area contributed by atoms with Crippen molar-refractivity contribution in [3.63, 3.8) is 0 Å². The number of rotatable bonds is 5. The zero-order valence-electron chi connectivity index (χ0n) is 16.5. The van der Waals surface area contributed by atoms with Crippen LogP contribution in [0.5, 0.6) is 0 Å². The molecular weight excluding hydrogens is 399 g/mol. The first-order valence-electron chi connectivity index (χ1n) is 9.74. The molecule has 8 nitrogen and oxygen atoms in total. The number of hydrogen-bond acceptors (Lipinski definition) is 5. The zero-order chi connectivity index (χ0) is 21.0. The van der Waals surface area contributed by atoms with Gasteiger partial charge in [-0.2, -0.15) is 0 Å². The molecule has 2 saturated heterocycles. The molecule has 10 heteroatoms. The maximum Gasteiger partial charge on any atom is 0.238 e. The van der Waals surface area contributed by atoms with E-state index in [1.54, 1.807) is 4.90 Å². The Morgan fingerprint density at radius 3 is 2.38 bits per heavy atom. The van der Waals surface area contributed by atoms with Gasteiger partial charge in [-0.15, -0.1) is 0 Å². The van der Waals surface area contributed by atoms with E-state index in [-0.39, 0.29) is 36.6 Å². The van der Waals surface area contributed by atoms with E-state index >= 15 is 0 Å². The molecule has 2 heterocycles. The highest BCUT2D eigenvalue weighted by atomic mass is 32.2. The summed E-state index contributed by atoms with van der Waals surface area (Å²) in [6.07, 6.45) is 2.56. The van der Waals surface area contributed by atoms with Crippen LogP contribution < -0.4 is 5.32 Å². The van der Waals surface area contributed by atoms with E-state index in [1.165, 1.54) is 34.8 Å². The van der Waals surface area contributed by atoms with Gasteiger partial charge in [0.2, 0.25) is 21.8 Å². The van der Waals surface area contributed by atoms with Crippen LogP contribution in [0.1, 0.15) is 12.8 Å².